The number of aromatic nitrogens is 1. The van der Waals surface area contributed by atoms with Crippen LogP contribution >= 0.6 is 0 Å². The number of hydrogen-bond donors (Lipinski definition) is 2. The molecule has 1 aromatic heterocycles. The van der Waals surface area contributed by atoms with Gasteiger partial charge in [-0.15, -0.1) is 0 Å². The van der Waals surface area contributed by atoms with Crippen LogP contribution in [0, 0.1) is 0 Å². The maximum absolute atomic E-state index is 12.3. The van der Waals surface area contributed by atoms with Crippen LogP contribution in [0.2, 0.25) is 0 Å². The Balaban J connectivity index is 1.49. The SMILES string of the molecule is CCNC(=NCc1coc(-c2ccccc2)n1)NCCS(=O)Cc1ccccc1. The molecule has 2 aromatic carbocycles. The van der Waals surface area contributed by atoms with Gasteiger partial charge in [0.05, 0.1) is 6.54 Å². The lowest BCUT2D eigenvalue weighted by molar-refractivity contribution is 0.572. The van der Waals surface area contributed by atoms with E-state index in [0.717, 1.165) is 23.4 Å². The van der Waals surface area contributed by atoms with E-state index in [2.05, 4.69) is 20.6 Å². The van der Waals surface area contributed by atoms with E-state index in [1.54, 1.807) is 6.26 Å². The van der Waals surface area contributed by atoms with E-state index >= 15 is 0 Å². The first-order valence-corrected chi connectivity index (χ1v) is 11.1. The fourth-order valence-electron chi connectivity index (χ4n) is 2.71. The van der Waals surface area contributed by atoms with Crippen molar-refractivity contribution in [1.82, 2.24) is 15.6 Å². The topological polar surface area (TPSA) is 79.5 Å². The number of nitrogens with one attached hydrogen (secondary N) is 2. The van der Waals surface area contributed by atoms with Crippen LogP contribution in [-0.4, -0.2) is 34.0 Å². The molecule has 0 saturated heterocycles. The summed E-state index contributed by atoms with van der Waals surface area (Å²) in [5, 5.41) is 6.43. The monoisotopic (exact) mass is 410 g/mol. The smallest absolute Gasteiger partial charge is 0.226 e. The van der Waals surface area contributed by atoms with Crippen molar-refractivity contribution in [3.05, 3.63) is 78.2 Å². The van der Waals surface area contributed by atoms with Gasteiger partial charge in [-0.1, -0.05) is 48.5 Å². The zero-order chi connectivity index (χ0) is 20.3. The minimum atomic E-state index is -0.922. The number of benzene rings is 2. The Kier molecular flexibility index (Phi) is 8.01. The number of guanidine groups is 1. The molecule has 0 amide bonds. The molecule has 152 valence electrons. The van der Waals surface area contributed by atoms with E-state index < -0.39 is 10.8 Å². The number of rotatable bonds is 9. The molecule has 0 saturated carbocycles. The summed E-state index contributed by atoms with van der Waals surface area (Å²) in [5.41, 5.74) is 2.79. The Bertz CT molecular complexity index is 926. The van der Waals surface area contributed by atoms with Gasteiger partial charge in [0.2, 0.25) is 5.89 Å². The standard InChI is InChI=1S/C22H26N4O2S/c1-2-23-22(24-13-14-29(27)17-18-9-5-3-6-10-18)25-15-20-16-28-21(26-20)19-11-7-4-8-12-19/h3-12,16H,2,13-15,17H2,1H3,(H2,23,24,25). The first kappa shape index (κ1) is 20.8. The van der Waals surface area contributed by atoms with Crippen molar-refractivity contribution in [2.24, 2.45) is 4.99 Å². The molecule has 1 atom stereocenters. The van der Waals surface area contributed by atoms with Crippen LogP contribution in [0.25, 0.3) is 11.5 Å². The fraction of sp³-hybridized carbons (Fsp3) is 0.273. The van der Waals surface area contributed by atoms with E-state index in [-0.39, 0.29) is 0 Å². The summed E-state index contributed by atoms with van der Waals surface area (Å²) in [6.45, 7) is 3.74. The highest BCUT2D eigenvalue weighted by atomic mass is 32.2. The lowest BCUT2D eigenvalue weighted by Gasteiger charge is -2.10. The van der Waals surface area contributed by atoms with Crippen LogP contribution in [-0.2, 0) is 23.1 Å². The molecular weight excluding hydrogens is 384 g/mol. The second kappa shape index (κ2) is 11.2. The summed E-state index contributed by atoms with van der Waals surface area (Å²) in [7, 11) is -0.922. The van der Waals surface area contributed by atoms with Crippen LogP contribution in [0.15, 0.2) is 76.3 Å². The van der Waals surface area contributed by atoms with Gasteiger partial charge in [0.1, 0.15) is 12.0 Å². The minimum Gasteiger partial charge on any atom is -0.444 e. The van der Waals surface area contributed by atoms with E-state index in [9.17, 15) is 4.21 Å². The Morgan fingerprint density at radius 2 is 1.79 bits per heavy atom. The molecular formula is C22H26N4O2S. The summed E-state index contributed by atoms with van der Waals surface area (Å²) < 4.78 is 17.8. The zero-order valence-corrected chi connectivity index (χ0v) is 17.3. The van der Waals surface area contributed by atoms with E-state index in [4.69, 9.17) is 4.42 Å². The Labute approximate surface area is 173 Å². The predicted molar refractivity (Wildman–Crippen MR) is 118 cm³/mol. The molecule has 3 rings (SSSR count). The maximum atomic E-state index is 12.3. The molecule has 0 radical (unpaired) electrons. The molecule has 1 heterocycles. The van der Waals surface area contributed by atoms with Crippen molar-refractivity contribution in [1.29, 1.82) is 0 Å². The molecule has 0 aliphatic carbocycles. The van der Waals surface area contributed by atoms with E-state index in [0.29, 0.717) is 36.4 Å². The maximum Gasteiger partial charge on any atom is 0.226 e. The van der Waals surface area contributed by atoms with Gasteiger partial charge >= 0.3 is 0 Å². The average molecular weight is 411 g/mol. The molecule has 29 heavy (non-hydrogen) atoms. The molecule has 0 aliphatic rings. The van der Waals surface area contributed by atoms with Crippen molar-refractivity contribution in [2.75, 3.05) is 18.8 Å². The molecule has 7 heteroatoms. The highest BCUT2D eigenvalue weighted by molar-refractivity contribution is 7.84. The molecule has 0 fully saturated rings. The zero-order valence-electron chi connectivity index (χ0n) is 16.5. The molecule has 0 spiro atoms. The molecule has 0 bridgehead atoms. The second-order valence-electron chi connectivity index (χ2n) is 6.41. The van der Waals surface area contributed by atoms with Crippen LogP contribution < -0.4 is 10.6 Å². The summed E-state index contributed by atoms with van der Waals surface area (Å²) in [4.78, 5) is 9.03. The van der Waals surface area contributed by atoms with Crippen molar-refractivity contribution in [3.8, 4) is 11.5 Å². The Morgan fingerprint density at radius 1 is 1.07 bits per heavy atom. The largest absolute Gasteiger partial charge is 0.444 e. The lowest BCUT2D eigenvalue weighted by atomic mass is 10.2. The average Bonchev–Trinajstić information content (AvgIpc) is 3.22. The third kappa shape index (κ3) is 6.87. The first-order chi connectivity index (χ1) is 14.2. The number of aliphatic imine (C=N–C) groups is 1. The summed E-state index contributed by atoms with van der Waals surface area (Å²) in [5.74, 6) is 2.39. The highest BCUT2D eigenvalue weighted by Gasteiger charge is 2.07. The molecule has 3 aromatic rings. The Morgan fingerprint density at radius 3 is 2.52 bits per heavy atom. The second-order valence-corrected chi connectivity index (χ2v) is 7.98. The number of nitrogens with zero attached hydrogens (tertiary/aromatic N) is 2. The summed E-state index contributed by atoms with van der Waals surface area (Å²) in [6.07, 6.45) is 1.63. The molecule has 1 unspecified atom stereocenters. The normalized spacial score (nSPS) is 12.5. The summed E-state index contributed by atoms with van der Waals surface area (Å²) in [6, 6.07) is 19.7. The van der Waals surface area contributed by atoms with Gasteiger partial charge in [-0.05, 0) is 24.6 Å². The quantitative estimate of drug-likeness (QED) is 0.418. The first-order valence-electron chi connectivity index (χ1n) is 9.65. The van der Waals surface area contributed by atoms with Crippen molar-refractivity contribution in [2.45, 2.75) is 19.2 Å². The van der Waals surface area contributed by atoms with Gasteiger partial charge in [0.15, 0.2) is 5.96 Å². The molecule has 2 N–H and O–H groups in total. The van der Waals surface area contributed by atoms with E-state index in [1.165, 1.54) is 0 Å². The van der Waals surface area contributed by atoms with Gasteiger partial charge < -0.3 is 15.1 Å². The molecule has 0 aliphatic heterocycles. The highest BCUT2D eigenvalue weighted by Crippen LogP contribution is 2.18. The number of hydrogen-bond acceptors (Lipinski definition) is 4. The van der Waals surface area contributed by atoms with Crippen LogP contribution in [0.3, 0.4) is 0 Å². The third-order valence-corrected chi connectivity index (χ3v) is 5.42. The summed E-state index contributed by atoms with van der Waals surface area (Å²) >= 11 is 0. The molecule has 6 nitrogen and oxygen atoms in total. The van der Waals surface area contributed by atoms with Gasteiger partial charge in [0, 0.05) is 41.0 Å². The van der Waals surface area contributed by atoms with Crippen molar-refractivity contribution in [3.63, 3.8) is 0 Å². The van der Waals surface area contributed by atoms with Gasteiger partial charge in [-0.3, -0.25) is 4.21 Å². The van der Waals surface area contributed by atoms with Gasteiger partial charge in [0.25, 0.3) is 0 Å². The van der Waals surface area contributed by atoms with Crippen molar-refractivity contribution >= 4 is 16.8 Å². The van der Waals surface area contributed by atoms with Gasteiger partial charge in [-0.2, -0.15) is 0 Å². The van der Waals surface area contributed by atoms with Gasteiger partial charge in [-0.25, -0.2) is 9.98 Å². The van der Waals surface area contributed by atoms with Crippen LogP contribution in [0.4, 0.5) is 0 Å². The lowest BCUT2D eigenvalue weighted by Crippen LogP contribution is -2.39. The van der Waals surface area contributed by atoms with E-state index in [1.807, 2.05) is 67.6 Å². The van der Waals surface area contributed by atoms with Crippen molar-refractivity contribution < 1.29 is 8.63 Å². The predicted octanol–water partition coefficient (Wildman–Crippen LogP) is 3.35. The van der Waals surface area contributed by atoms with Crippen LogP contribution in [0.1, 0.15) is 18.2 Å². The minimum absolute atomic E-state index is 0.402. The fourth-order valence-corrected chi connectivity index (χ4v) is 3.75. The Hall–Kier alpha value is -2.93. The third-order valence-electron chi connectivity index (χ3n) is 4.11. The number of oxazole rings is 1. The van der Waals surface area contributed by atoms with Crippen LogP contribution in [0.5, 0.6) is 0 Å².